The first kappa shape index (κ1) is 15.8. The largest absolute Gasteiger partial charge is 0.343 e. The van der Waals surface area contributed by atoms with Crippen molar-refractivity contribution in [3.8, 4) is 0 Å². The standard InChI is InChI=1S/C19H21N5O/c25-19(17-8-7-16-18(23-17)21-13-20-16)22-15-5-3-14(4-6-15)9-12-24-10-1-2-11-24/h3-8,13H,1-2,9-12H2,(H,22,25)(H,20,21,23). The molecule has 1 fully saturated rings. The van der Waals surface area contributed by atoms with Gasteiger partial charge in [0, 0.05) is 12.2 Å². The Bertz CT molecular complexity index is 865. The third-order valence-corrected chi connectivity index (χ3v) is 4.64. The number of fused-ring (bicyclic) bond motifs is 1. The van der Waals surface area contributed by atoms with Crippen LogP contribution in [0.2, 0.25) is 0 Å². The van der Waals surface area contributed by atoms with Gasteiger partial charge in [-0.05, 0) is 62.2 Å². The summed E-state index contributed by atoms with van der Waals surface area (Å²) in [6.45, 7) is 3.56. The number of pyridine rings is 1. The van der Waals surface area contributed by atoms with Crippen molar-refractivity contribution in [1.82, 2.24) is 19.9 Å². The maximum atomic E-state index is 12.3. The van der Waals surface area contributed by atoms with Gasteiger partial charge in [0.2, 0.25) is 0 Å². The molecule has 6 nitrogen and oxygen atoms in total. The van der Waals surface area contributed by atoms with Crippen molar-refractivity contribution in [2.24, 2.45) is 0 Å². The molecule has 1 aromatic carbocycles. The van der Waals surface area contributed by atoms with Gasteiger partial charge in [-0.1, -0.05) is 12.1 Å². The van der Waals surface area contributed by atoms with Gasteiger partial charge < -0.3 is 15.2 Å². The smallest absolute Gasteiger partial charge is 0.274 e. The molecule has 0 radical (unpaired) electrons. The zero-order valence-electron chi connectivity index (χ0n) is 14.0. The molecule has 0 unspecified atom stereocenters. The lowest BCUT2D eigenvalue weighted by Crippen LogP contribution is -2.21. The zero-order valence-corrected chi connectivity index (χ0v) is 14.0. The van der Waals surface area contributed by atoms with E-state index in [2.05, 4.69) is 37.3 Å². The molecule has 0 saturated carbocycles. The van der Waals surface area contributed by atoms with E-state index in [-0.39, 0.29) is 5.91 Å². The Balaban J connectivity index is 1.37. The third-order valence-electron chi connectivity index (χ3n) is 4.64. The van der Waals surface area contributed by atoms with Gasteiger partial charge in [0.05, 0.1) is 11.8 Å². The number of aromatic nitrogens is 3. The maximum absolute atomic E-state index is 12.3. The number of rotatable bonds is 5. The number of hydrogen-bond acceptors (Lipinski definition) is 4. The van der Waals surface area contributed by atoms with E-state index in [0.29, 0.717) is 11.3 Å². The highest BCUT2D eigenvalue weighted by atomic mass is 16.1. The Morgan fingerprint density at radius 1 is 1.12 bits per heavy atom. The van der Waals surface area contributed by atoms with Gasteiger partial charge in [0.1, 0.15) is 5.69 Å². The van der Waals surface area contributed by atoms with Gasteiger partial charge in [-0.2, -0.15) is 0 Å². The number of likely N-dealkylation sites (tertiary alicyclic amines) is 1. The lowest BCUT2D eigenvalue weighted by molar-refractivity contribution is 0.102. The van der Waals surface area contributed by atoms with Crippen molar-refractivity contribution < 1.29 is 4.79 Å². The minimum Gasteiger partial charge on any atom is -0.343 e. The minimum atomic E-state index is -0.227. The summed E-state index contributed by atoms with van der Waals surface area (Å²) in [5, 5.41) is 2.89. The Morgan fingerprint density at radius 2 is 1.92 bits per heavy atom. The van der Waals surface area contributed by atoms with E-state index in [1.165, 1.54) is 31.5 Å². The van der Waals surface area contributed by atoms with E-state index in [1.54, 1.807) is 12.4 Å². The second-order valence-corrected chi connectivity index (χ2v) is 6.42. The number of carbonyl (C=O) groups is 1. The molecule has 3 heterocycles. The summed E-state index contributed by atoms with van der Waals surface area (Å²) < 4.78 is 0. The second kappa shape index (κ2) is 7.03. The SMILES string of the molecule is O=C(Nc1ccc(CCN2CCCC2)cc1)c1ccc2[nH]cnc2n1. The van der Waals surface area contributed by atoms with Gasteiger partial charge in [0.15, 0.2) is 5.65 Å². The topological polar surface area (TPSA) is 73.9 Å². The Labute approximate surface area is 146 Å². The second-order valence-electron chi connectivity index (χ2n) is 6.42. The first-order valence-corrected chi connectivity index (χ1v) is 8.71. The van der Waals surface area contributed by atoms with Crippen LogP contribution in [0.1, 0.15) is 28.9 Å². The number of imidazole rings is 1. The van der Waals surface area contributed by atoms with Crippen molar-refractivity contribution in [1.29, 1.82) is 0 Å². The summed E-state index contributed by atoms with van der Waals surface area (Å²) in [4.78, 5) is 26.2. The quantitative estimate of drug-likeness (QED) is 0.752. The van der Waals surface area contributed by atoms with Crippen LogP contribution in [0, 0.1) is 0 Å². The predicted octanol–water partition coefficient (Wildman–Crippen LogP) is 2.85. The molecule has 25 heavy (non-hydrogen) atoms. The van der Waals surface area contributed by atoms with Crippen molar-refractivity contribution in [3.05, 3.63) is 54.0 Å². The van der Waals surface area contributed by atoms with Crippen LogP contribution in [-0.2, 0) is 6.42 Å². The fourth-order valence-corrected chi connectivity index (χ4v) is 3.19. The number of nitrogens with zero attached hydrogens (tertiary/aromatic N) is 3. The first-order chi connectivity index (χ1) is 12.3. The molecule has 128 valence electrons. The van der Waals surface area contributed by atoms with E-state index < -0.39 is 0 Å². The molecular weight excluding hydrogens is 314 g/mol. The van der Waals surface area contributed by atoms with Gasteiger partial charge in [0.25, 0.3) is 5.91 Å². The van der Waals surface area contributed by atoms with Crippen LogP contribution in [-0.4, -0.2) is 45.4 Å². The van der Waals surface area contributed by atoms with Crippen LogP contribution >= 0.6 is 0 Å². The molecule has 0 atom stereocenters. The van der Waals surface area contributed by atoms with Crippen LogP contribution < -0.4 is 5.32 Å². The van der Waals surface area contributed by atoms with E-state index in [4.69, 9.17) is 0 Å². The molecule has 2 N–H and O–H groups in total. The summed E-state index contributed by atoms with van der Waals surface area (Å²) in [7, 11) is 0. The number of aromatic amines is 1. The number of nitrogens with one attached hydrogen (secondary N) is 2. The molecule has 0 aliphatic carbocycles. The van der Waals surface area contributed by atoms with Gasteiger partial charge in [-0.3, -0.25) is 4.79 Å². The molecule has 1 saturated heterocycles. The summed E-state index contributed by atoms with van der Waals surface area (Å²) in [5.74, 6) is -0.227. The highest BCUT2D eigenvalue weighted by molar-refractivity contribution is 6.03. The molecule has 4 rings (SSSR count). The van der Waals surface area contributed by atoms with E-state index in [1.807, 2.05) is 18.2 Å². The molecular formula is C19H21N5O. The highest BCUT2D eigenvalue weighted by Crippen LogP contribution is 2.14. The third kappa shape index (κ3) is 3.69. The molecule has 1 aliphatic rings. The number of H-pyrrole nitrogens is 1. The Kier molecular flexibility index (Phi) is 4.43. The zero-order chi connectivity index (χ0) is 17.1. The van der Waals surface area contributed by atoms with Crippen LogP contribution in [0.15, 0.2) is 42.7 Å². The van der Waals surface area contributed by atoms with Crippen molar-refractivity contribution in [3.63, 3.8) is 0 Å². The average Bonchev–Trinajstić information content (AvgIpc) is 3.32. The van der Waals surface area contributed by atoms with Crippen LogP contribution in [0.25, 0.3) is 11.2 Å². The van der Waals surface area contributed by atoms with Gasteiger partial charge in [-0.25, -0.2) is 9.97 Å². The average molecular weight is 335 g/mol. The van der Waals surface area contributed by atoms with Crippen LogP contribution in [0.5, 0.6) is 0 Å². The number of carbonyl (C=O) groups excluding carboxylic acids is 1. The fraction of sp³-hybridized carbons (Fsp3) is 0.316. The highest BCUT2D eigenvalue weighted by Gasteiger charge is 2.12. The van der Waals surface area contributed by atoms with Crippen molar-refractivity contribution in [2.45, 2.75) is 19.3 Å². The Hall–Kier alpha value is -2.73. The van der Waals surface area contributed by atoms with Crippen molar-refractivity contribution >= 4 is 22.8 Å². The number of benzene rings is 1. The summed E-state index contributed by atoms with van der Waals surface area (Å²) in [6, 6.07) is 11.6. The number of amides is 1. The number of hydrogen-bond donors (Lipinski definition) is 2. The summed E-state index contributed by atoms with van der Waals surface area (Å²) in [6.07, 6.45) is 5.26. The lowest BCUT2D eigenvalue weighted by Gasteiger charge is -2.14. The van der Waals surface area contributed by atoms with Crippen LogP contribution in [0.3, 0.4) is 0 Å². The molecule has 1 amide bonds. The molecule has 3 aromatic rings. The first-order valence-electron chi connectivity index (χ1n) is 8.71. The predicted molar refractivity (Wildman–Crippen MR) is 97.7 cm³/mol. The number of anilines is 1. The molecule has 6 heteroatoms. The van der Waals surface area contributed by atoms with Gasteiger partial charge in [-0.15, -0.1) is 0 Å². The fourth-order valence-electron chi connectivity index (χ4n) is 3.19. The molecule has 1 aliphatic heterocycles. The summed E-state index contributed by atoms with van der Waals surface area (Å²) >= 11 is 0. The molecule has 0 bridgehead atoms. The van der Waals surface area contributed by atoms with E-state index >= 15 is 0 Å². The minimum absolute atomic E-state index is 0.227. The lowest BCUT2D eigenvalue weighted by atomic mass is 10.1. The Morgan fingerprint density at radius 3 is 2.72 bits per heavy atom. The van der Waals surface area contributed by atoms with E-state index in [9.17, 15) is 4.79 Å². The monoisotopic (exact) mass is 335 g/mol. The maximum Gasteiger partial charge on any atom is 0.274 e. The van der Waals surface area contributed by atoms with Crippen LogP contribution in [0.4, 0.5) is 5.69 Å². The van der Waals surface area contributed by atoms with E-state index in [0.717, 1.165) is 24.2 Å². The summed E-state index contributed by atoms with van der Waals surface area (Å²) in [5.41, 5.74) is 3.79. The van der Waals surface area contributed by atoms with Gasteiger partial charge >= 0.3 is 0 Å². The molecule has 2 aromatic heterocycles. The normalized spacial score (nSPS) is 14.9. The molecule has 0 spiro atoms. The van der Waals surface area contributed by atoms with Crippen molar-refractivity contribution in [2.75, 3.05) is 25.0 Å².